The first-order chi connectivity index (χ1) is 13.0. The Morgan fingerprint density at radius 3 is 2.89 bits per heavy atom. The second-order valence-electron chi connectivity index (χ2n) is 6.85. The highest BCUT2D eigenvalue weighted by atomic mass is 32.1. The van der Waals surface area contributed by atoms with Crippen molar-refractivity contribution in [1.82, 2.24) is 24.9 Å². The van der Waals surface area contributed by atoms with Gasteiger partial charge in [-0.25, -0.2) is 9.97 Å². The molecule has 0 spiro atoms. The van der Waals surface area contributed by atoms with Crippen molar-refractivity contribution in [1.29, 1.82) is 0 Å². The number of amides is 1. The molecule has 0 aromatic carbocycles. The summed E-state index contributed by atoms with van der Waals surface area (Å²) in [5.74, 6) is 0.958. The van der Waals surface area contributed by atoms with Gasteiger partial charge >= 0.3 is 0 Å². The molecule has 0 aliphatic heterocycles. The Labute approximate surface area is 160 Å². The molecule has 1 N–H and O–H groups in total. The van der Waals surface area contributed by atoms with Crippen molar-refractivity contribution < 1.29 is 14.3 Å². The third-order valence-electron chi connectivity index (χ3n) is 5.10. The van der Waals surface area contributed by atoms with Crippen LogP contribution in [-0.4, -0.2) is 52.5 Å². The Morgan fingerprint density at radius 1 is 1.37 bits per heavy atom. The fraction of sp³-hybridized carbons (Fsp3) is 0.556. The van der Waals surface area contributed by atoms with Crippen molar-refractivity contribution in [2.24, 2.45) is 0 Å². The van der Waals surface area contributed by atoms with Gasteiger partial charge in [0, 0.05) is 19.1 Å². The predicted molar refractivity (Wildman–Crippen MR) is 102 cm³/mol. The van der Waals surface area contributed by atoms with E-state index >= 15 is 0 Å². The minimum absolute atomic E-state index is 0.127. The van der Waals surface area contributed by atoms with E-state index < -0.39 is 6.29 Å². The third kappa shape index (κ3) is 3.09. The molecule has 0 radical (unpaired) electrons. The van der Waals surface area contributed by atoms with E-state index in [1.807, 2.05) is 6.92 Å². The molecule has 27 heavy (non-hydrogen) atoms. The maximum atomic E-state index is 12.5. The number of aryl methyl sites for hydroxylation is 2. The van der Waals surface area contributed by atoms with Gasteiger partial charge < -0.3 is 14.8 Å². The summed E-state index contributed by atoms with van der Waals surface area (Å²) in [5, 5.41) is 8.20. The highest BCUT2D eigenvalue weighted by molar-refractivity contribution is 7.19. The van der Waals surface area contributed by atoms with Crippen LogP contribution in [0.15, 0.2) is 0 Å². The fourth-order valence-corrected chi connectivity index (χ4v) is 5.07. The number of nitrogens with one attached hydrogen (secondary N) is 1. The van der Waals surface area contributed by atoms with Crippen molar-refractivity contribution in [2.45, 2.75) is 45.3 Å². The smallest absolute Gasteiger partial charge is 0.291 e. The number of methoxy groups -OCH3 is 2. The quantitative estimate of drug-likeness (QED) is 0.674. The zero-order chi connectivity index (χ0) is 19.1. The summed E-state index contributed by atoms with van der Waals surface area (Å²) in [4.78, 5) is 24.2. The molecular formula is C18H23N5O3S. The molecule has 1 aliphatic rings. The predicted octanol–water partition coefficient (Wildman–Crippen LogP) is 2.44. The Bertz CT molecular complexity index is 1010. The lowest BCUT2D eigenvalue weighted by Crippen LogP contribution is -2.34. The SMILES string of the molecule is COC(CNC(=O)c1nc2c3c4c(sc3nc(C)n2n1)CCC[C@H]4C)OC. The van der Waals surface area contributed by atoms with Crippen LogP contribution in [-0.2, 0) is 15.9 Å². The van der Waals surface area contributed by atoms with E-state index in [1.54, 1.807) is 15.9 Å². The van der Waals surface area contributed by atoms with Gasteiger partial charge in [-0.15, -0.1) is 16.4 Å². The number of thiophene rings is 1. The van der Waals surface area contributed by atoms with Crippen molar-refractivity contribution >= 4 is 33.1 Å². The van der Waals surface area contributed by atoms with Gasteiger partial charge in [0.25, 0.3) is 5.91 Å². The van der Waals surface area contributed by atoms with Gasteiger partial charge in [-0.3, -0.25) is 4.79 Å². The van der Waals surface area contributed by atoms with E-state index in [0.717, 1.165) is 28.9 Å². The van der Waals surface area contributed by atoms with E-state index in [2.05, 4.69) is 22.3 Å². The first-order valence-corrected chi connectivity index (χ1v) is 9.87. The molecule has 1 atom stereocenters. The summed E-state index contributed by atoms with van der Waals surface area (Å²) >= 11 is 1.74. The summed E-state index contributed by atoms with van der Waals surface area (Å²) in [7, 11) is 3.05. The molecular weight excluding hydrogens is 366 g/mol. The van der Waals surface area contributed by atoms with E-state index in [9.17, 15) is 4.79 Å². The van der Waals surface area contributed by atoms with Crippen LogP contribution in [0.1, 0.15) is 52.6 Å². The van der Waals surface area contributed by atoms with Gasteiger partial charge in [-0.2, -0.15) is 4.52 Å². The molecule has 0 fully saturated rings. The van der Waals surface area contributed by atoms with Gasteiger partial charge in [0.05, 0.1) is 11.9 Å². The van der Waals surface area contributed by atoms with Gasteiger partial charge in [-0.1, -0.05) is 6.92 Å². The number of carbonyl (C=O) groups is 1. The van der Waals surface area contributed by atoms with Crippen LogP contribution >= 0.6 is 11.3 Å². The van der Waals surface area contributed by atoms with Crippen molar-refractivity contribution in [3.8, 4) is 0 Å². The topological polar surface area (TPSA) is 90.6 Å². The summed E-state index contributed by atoms with van der Waals surface area (Å²) in [5.41, 5.74) is 2.04. The zero-order valence-corrected chi connectivity index (χ0v) is 16.7. The van der Waals surface area contributed by atoms with Crippen LogP contribution in [0.25, 0.3) is 15.9 Å². The standard InChI is InChI=1S/C18H23N5O3S/c1-9-6-5-7-11-13(9)14-16-21-15(17(24)19-8-12(25-3)26-4)22-23(16)10(2)20-18(14)27-11/h9,12H,5-8H2,1-4H3,(H,19,24)/t9-/m1/s1. The lowest BCUT2D eigenvalue weighted by molar-refractivity contribution is -0.0974. The Hall–Kier alpha value is -2.10. The molecule has 0 saturated carbocycles. The first-order valence-electron chi connectivity index (χ1n) is 9.06. The van der Waals surface area contributed by atoms with E-state index in [0.29, 0.717) is 11.6 Å². The van der Waals surface area contributed by atoms with Crippen LogP contribution in [0, 0.1) is 6.92 Å². The Kier molecular flexibility index (Phi) is 4.83. The maximum absolute atomic E-state index is 12.5. The average Bonchev–Trinajstić information content (AvgIpc) is 3.24. The minimum atomic E-state index is -0.508. The highest BCUT2D eigenvalue weighted by Gasteiger charge is 2.27. The van der Waals surface area contributed by atoms with Crippen molar-refractivity contribution in [2.75, 3.05) is 20.8 Å². The highest BCUT2D eigenvalue weighted by Crippen LogP contribution is 2.42. The monoisotopic (exact) mass is 389 g/mol. The van der Waals surface area contributed by atoms with Crippen molar-refractivity contribution in [3.05, 3.63) is 22.1 Å². The van der Waals surface area contributed by atoms with E-state index in [4.69, 9.17) is 14.5 Å². The molecule has 8 nitrogen and oxygen atoms in total. The number of ether oxygens (including phenoxy) is 2. The molecule has 3 aromatic heterocycles. The maximum Gasteiger partial charge on any atom is 0.291 e. The third-order valence-corrected chi connectivity index (χ3v) is 6.26. The summed E-state index contributed by atoms with van der Waals surface area (Å²) in [6, 6.07) is 0. The van der Waals surface area contributed by atoms with Crippen LogP contribution in [0.2, 0.25) is 0 Å². The molecule has 0 bridgehead atoms. The Balaban J connectivity index is 1.77. The Morgan fingerprint density at radius 2 is 2.15 bits per heavy atom. The number of hydrogen-bond donors (Lipinski definition) is 1. The summed E-state index contributed by atoms with van der Waals surface area (Å²) in [6.45, 7) is 4.36. The van der Waals surface area contributed by atoms with Crippen LogP contribution < -0.4 is 5.32 Å². The molecule has 144 valence electrons. The average molecular weight is 389 g/mol. The normalized spacial score (nSPS) is 17.0. The molecule has 4 rings (SSSR count). The summed E-state index contributed by atoms with van der Waals surface area (Å²) < 4.78 is 11.9. The second-order valence-corrected chi connectivity index (χ2v) is 7.94. The van der Waals surface area contributed by atoms with Crippen molar-refractivity contribution in [3.63, 3.8) is 0 Å². The second kappa shape index (κ2) is 7.14. The van der Waals surface area contributed by atoms with Crippen LogP contribution in [0.3, 0.4) is 0 Å². The number of nitrogens with zero attached hydrogens (tertiary/aromatic N) is 4. The number of rotatable bonds is 5. The first kappa shape index (κ1) is 18.3. The number of carbonyl (C=O) groups excluding carboxylic acids is 1. The number of fused-ring (bicyclic) bond motifs is 5. The molecule has 1 amide bonds. The van der Waals surface area contributed by atoms with E-state index in [1.165, 1.54) is 31.1 Å². The molecule has 9 heteroatoms. The zero-order valence-electron chi connectivity index (χ0n) is 15.9. The largest absolute Gasteiger partial charge is 0.354 e. The lowest BCUT2D eigenvalue weighted by Gasteiger charge is -2.18. The van der Waals surface area contributed by atoms with Crippen LogP contribution in [0.5, 0.6) is 0 Å². The van der Waals surface area contributed by atoms with Crippen LogP contribution in [0.4, 0.5) is 0 Å². The molecule has 0 unspecified atom stereocenters. The molecule has 1 aliphatic carbocycles. The molecule has 3 aromatic rings. The minimum Gasteiger partial charge on any atom is -0.354 e. The number of hydrogen-bond acceptors (Lipinski definition) is 7. The van der Waals surface area contributed by atoms with E-state index in [-0.39, 0.29) is 18.3 Å². The van der Waals surface area contributed by atoms with Gasteiger partial charge in [-0.05, 0) is 37.7 Å². The van der Waals surface area contributed by atoms with Gasteiger partial charge in [0.15, 0.2) is 11.9 Å². The molecule has 0 saturated heterocycles. The molecule has 3 heterocycles. The van der Waals surface area contributed by atoms with Gasteiger partial charge in [0.1, 0.15) is 10.7 Å². The summed E-state index contributed by atoms with van der Waals surface area (Å²) in [6.07, 6.45) is 2.95. The van der Waals surface area contributed by atoms with Gasteiger partial charge in [0.2, 0.25) is 5.82 Å². The lowest BCUT2D eigenvalue weighted by atomic mass is 9.87. The fourth-order valence-electron chi connectivity index (χ4n) is 3.70. The number of aromatic nitrogens is 4.